The molecule has 3 aromatic heterocycles. The quantitative estimate of drug-likeness (QED) is 0.231. The average Bonchev–Trinajstić information content (AvgIpc) is 3.56. The fraction of sp³-hybridized carbons (Fsp3) is 0.0270. The van der Waals surface area contributed by atoms with E-state index >= 15 is 0 Å². The van der Waals surface area contributed by atoms with Gasteiger partial charge in [-0.1, -0.05) is 48.5 Å². The summed E-state index contributed by atoms with van der Waals surface area (Å²) >= 11 is 0. The van der Waals surface area contributed by atoms with E-state index in [1.807, 2.05) is 48.7 Å². The first-order chi connectivity index (χ1) is 20.2. The molecule has 5 aromatic carbocycles. The highest BCUT2D eigenvalue weighted by Crippen LogP contribution is 2.40. The second kappa shape index (κ2) is 8.94. The normalized spacial score (nSPS) is 11.5. The molecule has 8 rings (SSSR count). The summed E-state index contributed by atoms with van der Waals surface area (Å²) in [4.78, 5) is 4.74. The van der Waals surface area contributed by atoms with Crippen molar-refractivity contribution in [2.24, 2.45) is 0 Å². The molecule has 0 unspecified atom stereocenters. The molecule has 41 heavy (non-hydrogen) atoms. The Bertz CT molecular complexity index is 2340. The van der Waals surface area contributed by atoms with Gasteiger partial charge in [-0.3, -0.25) is 4.98 Å². The summed E-state index contributed by atoms with van der Waals surface area (Å²) in [5.41, 5.74) is 11.0. The monoisotopic (exact) mass is 525 g/mol. The van der Waals surface area contributed by atoms with Crippen molar-refractivity contribution in [3.8, 4) is 34.1 Å². The van der Waals surface area contributed by atoms with Crippen molar-refractivity contribution in [2.75, 3.05) is 0 Å². The largest absolute Gasteiger partial charge is 0.456 e. The molecule has 0 amide bonds. The Morgan fingerprint density at radius 3 is 2.29 bits per heavy atom. The Kier molecular flexibility index (Phi) is 5.07. The van der Waals surface area contributed by atoms with Crippen molar-refractivity contribution >= 4 is 43.7 Å². The molecule has 0 radical (unpaired) electrons. The number of rotatable bonds is 3. The van der Waals surface area contributed by atoms with Gasteiger partial charge in [0.1, 0.15) is 11.2 Å². The minimum atomic E-state index is 0.653. The molecule has 8 aromatic rings. The molecule has 0 aliphatic heterocycles. The van der Waals surface area contributed by atoms with Gasteiger partial charge in [0.05, 0.1) is 34.0 Å². The molecule has 0 bridgehead atoms. The number of hydrogen-bond acceptors (Lipinski definition) is 3. The summed E-state index contributed by atoms with van der Waals surface area (Å²) in [6.07, 6.45) is 1.84. The van der Waals surface area contributed by atoms with E-state index in [0.29, 0.717) is 5.56 Å². The number of pyridine rings is 1. The number of aromatic nitrogens is 2. The first kappa shape index (κ1) is 23.2. The molecular weight excluding hydrogens is 502 g/mol. The smallest absolute Gasteiger partial charge is 0.135 e. The molecule has 0 fully saturated rings. The molecular formula is C37H23N3O. The molecule has 0 N–H and O–H groups in total. The maximum absolute atomic E-state index is 9.62. The van der Waals surface area contributed by atoms with Gasteiger partial charge in [0.15, 0.2) is 0 Å². The molecule has 0 aliphatic carbocycles. The van der Waals surface area contributed by atoms with Crippen LogP contribution in [0, 0.1) is 18.3 Å². The molecule has 4 nitrogen and oxygen atoms in total. The fourth-order valence-electron chi connectivity index (χ4n) is 6.09. The first-order valence-corrected chi connectivity index (χ1v) is 13.6. The molecule has 4 heteroatoms. The number of furan rings is 1. The van der Waals surface area contributed by atoms with E-state index < -0.39 is 0 Å². The number of hydrogen-bond donors (Lipinski definition) is 0. The molecule has 192 valence electrons. The minimum Gasteiger partial charge on any atom is -0.456 e. The predicted octanol–water partition coefficient (Wildman–Crippen LogP) is 9.59. The van der Waals surface area contributed by atoms with Crippen LogP contribution in [-0.2, 0) is 0 Å². The first-order valence-electron chi connectivity index (χ1n) is 13.6. The lowest BCUT2D eigenvalue weighted by Crippen LogP contribution is -2.00. The van der Waals surface area contributed by atoms with Crippen LogP contribution in [0.1, 0.15) is 11.1 Å². The Balaban J connectivity index is 1.46. The second-order valence-corrected chi connectivity index (χ2v) is 10.4. The summed E-state index contributed by atoms with van der Waals surface area (Å²) in [5.74, 6) is 0. The van der Waals surface area contributed by atoms with Crippen molar-refractivity contribution in [3.05, 3.63) is 133 Å². The number of para-hydroxylation sites is 2. The third-order valence-corrected chi connectivity index (χ3v) is 8.07. The van der Waals surface area contributed by atoms with E-state index in [4.69, 9.17) is 9.40 Å². The van der Waals surface area contributed by atoms with Gasteiger partial charge in [0.25, 0.3) is 0 Å². The lowest BCUT2D eigenvalue weighted by Gasteiger charge is -2.17. The van der Waals surface area contributed by atoms with Crippen LogP contribution < -0.4 is 0 Å². The second-order valence-electron chi connectivity index (χ2n) is 10.4. The van der Waals surface area contributed by atoms with Gasteiger partial charge in [-0.15, -0.1) is 0 Å². The van der Waals surface area contributed by atoms with E-state index in [9.17, 15) is 5.26 Å². The van der Waals surface area contributed by atoms with Crippen LogP contribution in [0.4, 0.5) is 0 Å². The summed E-state index contributed by atoms with van der Waals surface area (Å²) < 4.78 is 8.44. The van der Waals surface area contributed by atoms with E-state index in [0.717, 1.165) is 77.4 Å². The zero-order valence-corrected chi connectivity index (χ0v) is 22.3. The van der Waals surface area contributed by atoms with Crippen LogP contribution in [0.15, 0.2) is 126 Å². The van der Waals surface area contributed by atoms with Gasteiger partial charge in [-0.2, -0.15) is 5.26 Å². The van der Waals surface area contributed by atoms with Gasteiger partial charge in [0.2, 0.25) is 0 Å². The highest BCUT2D eigenvalue weighted by atomic mass is 16.3. The van der Waals surface area contributed by atoms with Crippen molar-refractivity contribution in [2.45, 2.75) is 6.92 Å². The lowest BCUT2D eigenvalue weighted by molar-refractivity contribution is 0.669. The van der Waals surface area contributed by atoms with Crippen LogP contribution in [-0.4, -0.2) is 9.55 Å². The predicted molar refractivity (Wildman–Crippen MR) is 166 cm³/mol. The van der Waals surface area contributed by atoms with Gasteiger partial charge in [0, 0.05) is 33.3 Å². The van der Waals surface area contributed by atoms with Gasteiger partial charge in [-0.25, -0.2) is 0 Å². The van der Waals surface area contributed by atoms with Crippen molar-refractivity contribution in [1.82, 2.24) is 9.55 Å². The van der Waals surface area contributed by atoms with E-state index in [1.165, 1.54) is 0 Å². The third kappa shape index (κ3) is 3.57. The van der Waals surface area contributed by atoms with Crippen molar-refractivity contribution in [1.29, 1.82) is 5.26 Å². The Morgan fingerprint density at radius 1 is 0.659 bits per heavy atom. The topological polar surface area (TPSA) is 54.8 Å². The van der Waals surface area contributed by atoms with Crippen LogP contribution in [0.25, 0.3) is 71.8 Å². The van der Waals surface area contributed by atoms with Crippen LogP contribution in [0.3, 0.4) is 0 Å². The zero-order valence-electron chi connectivity index (χ0n) is 22.3. The van der Waals surface area contributed by atoms with Crippen LogP contribution >= 0.6 is 0 Å². The molecule has 0 aliphatic rings. The van der Waals surface area contributed by atoms with E-state index in [-0.39, 0.29) is 0 Å². The summed E-state index contributed by atoms with van der Waals surface area (Å²) in [5, 5.41) is 14.0. The van der Waals surface area contributed by atoms with Gasteiger partial charge >= 0.3 is 0 Å². The number of fused-ring (bicyclic) bond motifs is 6. The third-order valence-electron chi connectivity index (χ3n) is 8.07. The standard InChI is InChI=1S/C37H23N3O/c1-23-29(32-10-6-7-17-39-32)20-26(25-14-16-37-31(19-25)28-9-3-5-12-36(28)41-37)21-35(23)40-33-11-4-2-8-27(33)30-18-24(22-38)13-15-34(30)40/h2-21H,1H3. The SMILES string of the molecule is Cc1c(-c2ccccn2)cc(-c2ccc3oc4ccccc4c3c2)cc1-n1c2ccccc2c2cc(C#N)ccc21. The maximum Gasteiger partial charge on any atom is 0.135 e. The summed E-state index contributed by atoms with van der Waals surface area (Å²) in [7, 11) is 0. The van der Waals surface area contributed by atoms with Crippen LogP contribution in [0.5, 0.6) is 0 Å². The highest BCUT2D eigenvalue weighted by molar-refractivity contribution is 6.10. The molecule has 0 saturated heterocycles. The highest BCUT2D eigenvalue weighted by Gasteiger charge is 2.19. The van der Waals surface area contributed by atoms with E-state index in [1.54, 1.807) is 0 Å². The molecule has 3 heterocycles. The molecule has 0 saturated carbocycles. The zero-order chi connectivity index (χ0) is 27.5. The fourth-order valence-corrected chi connectivity index (χ4v) is 6.09. The minimum absolute atomic E-state index is 0.653. The van der Waals surface area contributed by atoms with Gasteiger partial charge < -0.3 is 8.98 Å². The summed E-state index contributed by atoms with van der Waals surface area (Å²) in [6.45, 7) is 2.17. The number of benzene rings is 5. The van der Waals surface area contributed by atoms with E-state index in [2.05, 4.69) is 90.4 Å². The maximum atomic E-state index is 9.62. The number of nitrogens with zero attached hydrogens (tertiary/aromatic N) is 3. The van der Waals surface area contributed by atoms with Crippen LogP contribution in [0.2, 0.25) is 0 Å². The Hall–Kier alpha value is -5.66. The summed E-state index contributed by atoms with van der Waals surface area (Å²) in [6, 6.07) is 41.8. The molecule has 0 spiro atoms. The Morgan fingerprint density at radius 2 is 1.44 bits per heavy atom. The van der Waals surface area contributed by atoms with Gasteiger partial charge in [-0.05, 0) is 90.3 Å². The number of nitriles is 1. The lowest BCUT2D eigenvalue weighted by atomic mass is 9.95. The Labute approximate surface area is 236 Å². The van der Waals surface area contributed by atoms with Crippen molar-refractivity contribution < 1.29 is 4.42 Å². The molecule has 0 atom stereocenters. The average molecular weight is 526 g/mol. The van der Waals surface area contributed by atoms with Crippen molar-refractivity contribution in [3.63, 3.8) is 0 Å².